The lowest BCUT2D eigenvalue weighted by atomic mass is 10.2. The van der Waals surface area contributed by atoms with Gasteiger partial charge in [-0.3, -0.25) is 0 Å². The second-order valence-electron chi connectivity index (χ2n) is 3.74. The van der Waals surface area contributed by atoms with Gasteiger partial charge >= 0.3 is 5.97 Å². The van der Waals surface area contributed by atoms with E-state index in [0.717, 1.165) is 17.0 Å². The number of hydrogen-bond acceptors (Lipinski definition) is 4. The summed E-state index contributed by atoms with van der Waals surface area (Å²) in [6, 6.07) is 0. The van der Waals surface area contributed by atoms with Gasteiger partial charge < -0.3 is 5.11 Å². The molecule has 0 amide bonds. The minimum atomic E-state index is -1.11. The van der Waals surface area contributed by atoms with E-state index in [0.29, 0.717) is 0 Å². The highest BCUT2D eigenvalue weighted by molar-refractivity contribution is 5.88. The molecule has 0 unspecified atom stereocenters. The Kier molecular flexibility index (Phi) is 2.63. The van der Waals surface area contributed by atoms with Crippen LogP contribution in [0.1, 0.15) is 27.4 Å². The highest BCUT2D eigenvalue weighted by Crippen LogP contribution is 2.16. The van der Waals surface area contributed by atoms with Gasteiger partial charge in [0.05, 0.1) is 5.69 Å². The zero-order valence-corrected chi connectivity index (χ0v) is 9.80. The normalized spacial score (nSPS) is 10.5. The van der Waals surface area contributed by atoms with Crippen molar-refractivity contribution in [2.24, 2.45) is 0 Å². The van der Waals surface area contributed by atoms with Crippen LogP contribution in [0.15, 0.2) is 12.4 Å². The Morgan fingerprint density at radius 3 is 2.41 bits per heavy atom. The van der Waals surface area contributed by atoms with E-state index in [4.69, 9.17) is 5.11 Å². The molecule has 0 bridgehead atoms. The second kappa shape index (κ2) is 3.97. The van der Waals surface area contributed by atoms with Crippen molar-refractivity contribution in [3.05, 3.63) is 35.0 Å². The SMILES string of the molecule is Cc1nn(-c2nccnc2C(=O)O)c(C)c1C. The fourth-order valence-electron chi connectivity index (χ4n) is 1.56. The van der Waals surface area contributed by atoms with E-state index in [1.807, 2.05) is 20.8 Å². The standard InChI is InChI=1S/C11H12N4O2/c1-6-7(2)14-15(8(6)3)10-9(11(16)17)12-4-5-13-10/h4-5H,1-3H3,(H,16,17). The van der Waals surface area contributed by atoms with E-state index < -0.39 is 5.97 Å². The highest BCUT2D eigenvalue weighted by Gasteiger charge is 2.18. The van der Waals surface area contributed by atoms with E-state index in [2.05, 4.69) is 15.1 Å². The van der Waals surface area contributed by atoms with Gasteiger partial charge in [-0.2, -0.15) is 5.10 Å². The Morgan fingerprint density at radius 1 is 1.24 bits per heavy atom. The van der Waals surface area contributed by atoms with Crippen molar-refractivity contribution in [3.63, 3.8) is 0 Å². The third-order valence-corrected chi connectivity index (χ3v) is 2.74. The number of aromatic carboxylic acids is 1. The Labute approximate surface area is 98.0 Å². The molecule has 2 heterocycles. The fraction of sp³-hybridized carbons (Fsp3) is 0.273. The molecule has 88 valence electrons. The van der Waals surface area contributed by atoms with Crippen LogP contribution in [0.2, 0.25) is 0 Å². The van der Waals surface area contributed by atoms with Crippen molar-refractivity contribution in [3.8, 4) is 5.82 Å². The van der Waals surface area contributed by atoms with Crippen molar-refractivity contribution in [1.29, 1.82) is 0 Å². The predicted octanol–water partition coefficient (Wildman–Crippen LogP) is 1.29. The Morgan fingerprint density at radius 2 is 1.88 bits per heavy atom. The number of aromatic nitrogens is 4. The molecular weight excluding hydrogens is 220 g/mol. The number of carbonyl (C=O) groups is 1. The maximum Gasteiger partial charge on any atom is 0.358 e. The molecule has 0 aliphatic rings. The average Bonchev–Trinajstić information content (AvgIpc) is 2.57. The zero-order valence-electron chi connectivity index (χ0n) is 9.80. The molecule has 0 spiro atoms. The van der Waals surface area contributed by atoms with E-state index in [1.165, 1.54) is 17.1 Å². The minimum absolute atomic E-state index is 0.0990. The Balaban J connectivity index is 2.68. The smallest absolute Gasteiger partial charge is 0.358 e. The molecule has 17 heavy (non-hydrogen) atoms. The molecule has 2 aromatic rings. The molecule has 2 rings (SSSR count). The van der Waals surface area contributed by atoms with E-state index >= 15 is 0 Å². The van der Waals surface area contributed by atoms with Gasteiger partial charge in [0.2, 0.25) is 0 Å². The molecule has 0 fully saturated rings. The van der Waals surface area contributed by atoms with Crippen LogP contribution in [0.5, 0.6) is 0 Å². The summed E-state index contributed by atoms with van der Waals surface area (Å²) in [7, 11) is 0. The monoisotopic (exact) mass is 232 g/mol. The predicted molar refractivity (Wildman–Crippen MR) is 60.3 cm³/mol. The van der Waals surface area contributed by atoms with Gasteiger partial charge in [0, 0.05) is 18.1 Å². The third kappa shape index (κ3) is 1.77. The van der Waals surface area contributed by atoms with E-state index in [9.17, 15) is 4.79 Å². The Hall–Kier alpha value is -2.24. The molecule has 0 saturated carbocycles. The van der Waals surface area contributed by atoms with Crippen LogP contribution in [0.25, 0.3) is 5.82 Å². The Bertz CT molecular complexity index is 589. The number of nitrogens with zero attached hydrogens (tertiary/aromatic N) is 4. The lowest BCUT2D eigenvalue weighted by Crippen LogP contribution is -2.12. The summed E-state index contributed by atoms with van der Waals surface area (Å²) in [6.07, 6.45) is 2.80. The van der Waals surface area contributed by atoms with E-state index in [1.54, 1.807) is 0 Å². The maximum atomic E-state index is 11.1. The summed E-state index contributed by atoms with van der Waals surface area (Å²) in [5.74, 6) is -0.869. The first-order valence-electron chi connectivity index (χ1n) is 5.10. The number of carboxylic acid groups (broad SMARTS) is 1. The van der Waals surface area contributed by atoms with Crippen LogP contribution in [0, 0.1) is 20.8 Å². The highest BCUT2D eigenvalue weighted by atomic mass is 16.4. The topological polar surface area (TPSA) is 80.9 Å². The second-order valence-corrected chi connectivity index (χ2v) is 3.74. The number of carboxylic acids is 1. The van der Waals surface area contributed by atoms with E-state index in [-0.39, 0.29) is 11.5 Å². The summed E-state index contributed by atoms with van der Waals surface area (Å²) in [4.78, 5) is 18.9. The molecular formula is C11H12N4O2. The van der Waals surface area contributed by atoms with Crippen LogP contribution in [-0.2, 0) is 0 Å². The van der Waals surface area contributed by atoms with Gasteiger partial charge in [0.1, 0.15) is 0 Å². The third-order valence-electron chi connectivity index (χ3n) is 2.74. The molecule has 6 nitrogen and oxygen atoms in total. The van der Waals surface area contributed by atoms with Crippen LogP contribution in [0.4, 0.5) is 0 Å². The molecule has 0 radical (unpaired) electrons. The van der Waals surface area contributed by atoms with Gasteiger partial charge in [-0.15, -0.1) is 0 Å². The fourth-order valence-corrected chi connectivity index (χ4v) is 1.56. The molecule has 6 heteroatoms. The summed E-state index contributed by atoms with van der Waals surface area (Å²) in [5, 5.41) is 13.3. The van der Waals surface area contributed by atoms with Gasteiger partial charge in [-0.05, 0) is 26.3 Å². The van der Waals surface area contributed by atoms with Crippen molar-refractivity contribution in [2.45, 2.75) is 20.8 Å². The molecule has 0 atom stereocenters. The quantitative estimate of drug-likeness (QED) is 0.843. The maximum absolute atomic E-state index is 11.1. The first kappa shape index (κ1) is 11.3. The van der Waals surface area contributed by atoms with Gasteiger partial charge in [0.15, 0.2) is 11.5 Å². The molecule has 0 aliphatic heterocycles. The van der Waals surface area contributed by atoms with Crippen molar-refractivity contribution >= 4 is 5.97 Å². The molecule has 1 N–H and O–H groups in total. The van der Waals surface area contributed by atoms with Crippen molar-refractivity contribution in [2.75, 3.05) is 0 Å². The summed E-state index contributed by atoms with van der Waals surface area (Å²) >= 11 is 0. The molecule has 2 aromatic heterocycles. The summed E-state index contributed by atoms with van der Waals surface area (Å²) in [6.45, 7) is 5.68. The number of aryl methyl sites for hydroxylation is 1. The lowest BCUT2D eigenvalue weighted by molar-refractivity contribution is 0.0689. The van der Waals surface area contributed by atoms with Crippen LogP contribution < -0.4 is 0 Å². The van der Waals surface area contributed by atoms with Crippen LogP contribution in [-0.4, -0.2) is 30.8 Å². The molecule has 0 aromatic carbocycles. The largest absolute Gasteiger partial charge is 0.476 e. The summed E-state index contributed by atoms with van der Waals surface area (Å²) in [5.41, 5.74) is 2.64. The van der Waals surface area contributed by atoms with Crippen LogP contribution in [0.3, 0.4) is 0 Å². The number of hydrogen-bond donors (Lipinski definition) is 1. The average molecular weight is 232 g/mol. The van der Waals surface area contributed by atoms with Crippen molar-refractivity contribution in [1.82, 2.24) is 19.7 Å². The van der Waals surface area contributed by atoms with Crippen molar-refractivity contribution < 1.29 is 9.90 Å². The van der Waals surface area contributed by atoms with Gasteiger partial charge in [-0.25, -0.2) is 19.4 Å². The lowest BCUT2D eigenvalue weighted by Gasteiger charge is -2.05. The first-order valence-corrected chi connectivity index (χ1v) is 5.10. The molecule has 0 saturated heterocycles. The zero-order chi connectivity index (χ0) is 12.6. The van der Waals surface area contributed by atoms with Gasteiger partial charge in [-0.1, -0.05) is 0 Å². The molecule has 0 aliphatic carbocycles. The van der Waals surface area contributed by atoms with Gasteiger partial charge in [0.25, 0.3) is 0 Å². The first-order chi connectivity index (χ1) is 8.02. The van der Waals surface area contributed by atoms with Crippen LogP contribution >= 0.6 is 0 Å². The number of rotatable bonds is 2. The minimum Gasteiger partial charge on any atom is -0.476 e. The summed E-state index contributed by atoms with van der Waals surface area (Å²) < 4.78 is 1.52.